The third-order valence-corrected chi connectivity index (χ3v) is 7.32. The molecular formula is C22H27NO3. The zero-order chi connectivity index (χ0) is 17.7. The number of hydrogen-bond donors (Lipinski definition) is 0. The molecule has 26 heavy (non-hydrogen) atoms. The Kier molecular flexibility index (Phi) is 4.02. The van der Waals surface area contributed by atoms with Gasteiger partial charge in [-0.2, -0.15) is 0 Å². The lowest BCUT2D eigenvalue weighted by atomic mass is 9.52. The van der Waals surface area contributed by atoms with Crippen molar-refractivity contribution in [1.82, 2.24) is 4.90 Å². The molecule has 0 saturated heterocycles. The molecule has 4 fully saturated rings. The van der Waals surface area contributed by atoms with Crippen molar-refractivity contribution in [2.75, 3.05) is 13.2 Å². The molecule has 4 heteroatoms. The lowest BCUT2D eigenvalue weighted by Gasteiger charge is -2.53. The maximum Gasteiger partial charge on any atom is 0.310 e. The van der Waals surface area contributed by atoms with Gasteiger partial charge in [-0.1, -0.05) is 24.3 Å². The van der Waals surface area contributed by atoms with E-state index in [-0.39, 0.29) is 24.4 Å². The Morgan fingerprint density at radius 2 is 1.62 bits per heavy atom. The molecule has 1 aromatic carbocycles. The highest BCUT2D eigenvalue weighted by molar-refractivity contribution is 5.82. The topological polar surface area (TPSA) is 46.6 Å². The molecule has 0 radical (unpaired) electrons. The number of fused-ring (bicyclic) bond motifs is 1. The van der Waals surface area contributed by atoms with E-state index in [0.29, 0.717) is 24.9 Å². The molecule has 0 atom stereocenters. The largest absolute Gasteiger partial charge is 0.455 e. The van der Waals surface area contributed by atoms with Gasteiger partial charge in [0.15, 0.2) is 6.61 Å². The van der Waals surface area contributed by atoms with E-state index in [1.54, 1.807) is 0 Å². The Balaban J connectivity index is 1.18. The van der Waals surface area contributed by atoms with E-state index < -0.39 is 0 Å². The number of nitrogens with zero attached hydrogens (tertiary/aromatic N) is 1. The third-order valence-electron chi connectivity index (χ3n) is 7.32. The standard InChI is InChI=1S/C22H27NO3/c24-20(23-6-5-16-3-1-2-4-17(16)12-23)13-26-22(25)21-18-8-14-7-15(10-18)11-19(21)9-14/h1-4,14-15,18-19,21H,5-13H2. The van der Waals surface area contributed by atoms with E-state index in [4.69, 9.17) is 4.74 Å². The average molecular weight is 353 g/mol. The molecule has 138 valence electrons. The third kappa shape index (κ3) is 2.83. The summed E-state index contributed by atoms with van der Waals surface area (Å²) in [5, 5.41) is 0. The van der Waals surface area contributed by atoms with Gasteiger partial charge in [-0.05, 0) is 73.3 Å². The van der Waals surface area contributed by atoms with E-state index in [1.165, 1.54) is 43.2 Å². The second-order valence-corrected chi connectivity index (χ2v) is 8.90. The van der Waals surface area contributed by atoms with Crippen LogP contribution in [-0.4, -0.2) is 29.9 Å². The van der Waals surface area contributed by atoms with Crippen LogP contribution < -0.4 is 0 Å². The quantitative estimate of drug-likeness (QED) is 0.784. The molecule has 6 rings (SSSR count). The van der Waals surface area contributed by atoms with Crippen molar-refractivity contribution < 1.29 is 14.3 Å². The molecule has 0 unspecified atom stereocenters. The monoisotopic (exact) mass is 353 g/mol. The predicted octanol–water partition coefficient (Wildman–Crippen LogP) is 3.19. The van der Waals surface area contributed by atoms with Gasteiger partial charge in [0.25, 0.3) is 5.91 Å². The van der Waals surface area contributed by atoms with Gasteiger partial charge >= 0.3 is 5.97 Å². The van der Waals surface area contributed by atoms with Gasteiger partial charge in [0.05, 0.1) is 5.92 Å². The second-order valence-electron chi connectivity index (χ2n) is 8.90. The maximum atomic E-state index is 12.7. The molecule has 0 aromatic heterocycles. The minimum Gasteiger partial charge on any atom is -0.455 e. The maximum absolute atomic E-state index is 12.7. The van der Waals surface area contributed by atoms with Crippen molar-refractivity contribution in [2.45, 2.75) is 45.1 Å². The lowest BCUT2D eigenvalue weighted by Crippen LogP contribution is -2.49. The summed E-state index contributed by atoms with van der Waals surface area (Å²) in [6.07, 6.45) is 7.05. The van der Waals surface area contributed by atoms with Crippen LogP contribution in [0.1, 0.15) is 43.2 Å². The van der Waals surface area contributed by atoms with Crippen molar-refractivity contribution in [3.8, 4) is 0 Å². The first kappa shape index (κ1) is 16.3. The summed E-state index contributed by atoms with van der Waals surface area (Å²) in [5.41, 5.74) is 2.53. The number of rotatable bonds is 3. The number of hydrogen-bond acceptors (Lipinski definition) is 3. The fourth-order valence-electron chi connectivity index (χ4n) is 6.34. The molecule has 0 spiro atoms. The summed E-state index contributed by atoms with van der Waals surface area (Å²) in [5.74, 6) is 2.60. The van der Waals surface area contributed by atoms with Crippen LogP contribution in [0.3, 0.4) is 0 Å². The van der Waals surface area contributed by atoms with Gasteiger partial charge in [-0.15, -0.1) is 0 Å². The zero-order valence-corrected chi connectivity index (χ0v) is 15.2. The van der Waals surface area contributed by atoms with E-state index in [1.807, 2.05) is 17.0 Å². The molecule has 0 N–H and O–H groups in total. The van der Waals surface area contributed by atoms with Crippen LogP contribution in [0.15, 0.2) is 24.3 Å². The first-order chi connectivity index (χ1) is 12.7. The van der Waals surface area contributed by atoms with E-state index in [0.717, 1.165) is 18.3 Å². The highest BCUT2D eigenvalue weighted by atomic mass is 16.5. The summed E-state index contributed by atoms with van der Waals surface area (Å²) < 4.78 is 5.54. The average Bonchev–Trinajstić information content (AvgIpc) is 2.65. The fourth-order valence-corrected chi connectivity index (χ4v) is 6.34. The Labute approximate surface area is 154 Å². The Hall–Kier alpha value is -1.84. The number of benzene rings is 1. The zero-order valence-electron chi connectivity index (χ0n) is 15.2. The summed E-state index contributed by atoms with van der Waals surface area (Å²) >= 11 is 0. The highest BCUT2D eigenvalue weighted by Crippen LogP contribution is 2.56. The highest BCUT2D eigenvalue weighted by Gasteiger charge is 2.51. The van der Waals surface area contributed by atoms with Crippen molar-refractivity contribution >= 4 is 11.9 Å². The van der Waals surface area contributed by atoms with E-state index in [9.17, 15) is 9.59 Å². The van der Waals surface area contributed by atoms with Gasteiger partial charge in [0.1, 0.15) is 0 Å². The SMILES string of the molecule is O=C(OCC(=O)N1CCc2ccccc2C1)C1C2CC3CC(C2)CC1C3. The first-order valence-electron chi connectivity index (χ1n) is 10.2. The number of carbonyl (C=O) groups excluding carboxylic acids is 2. The lowest BCUT2D eigenvalue weighted by molar-refractivity contribution is -0.166. The van der Waals surface area contributed by atoms with Crippen LogP contribution in [0.25, 0.3) is 0 Å². The minimum absolute atomic E-state index is 0.0534. The molecule has 1 aromatic rings. The summed E-state index contributed by atoms with van der Waals surface area (Å²) in [7, 11) is 0. The number of esters is 1. The van der Waals surface area contributed by atoms with Crippen molar-refractivity contribution in [1.29, 1.82) is 0 Å². The summed E-state index contributed by atoms with van der Waals surface area (Å²) in [6.45, 7) is 1.25. The van der Waals surface area contributed by atoms with Crippen molar-refractivity contribution in [2.24, 2.45) is 29.6 Å². The van der Waals surface area contributed by atoms with Gasteiger partial charge in [0.2, 0.25) is 0 Å². The Morgan fingerprint density at radius 1 is 0.962 bits per heavy atom. The van der Waals surface area contributed by atoms with Crippen LogP contribution in [0.4, 0.5) is 0 Å². The molecule has 1 aliphatic heterocycles. The summed E-state index contributed by atoms with van der Waals surface area (Å²) in [4.78, 5) is 27.1. The molecule has 4 saturated carbocycles. The van der Waals surface area contributed by atoms with Gasteiger partial charge in [-0.3, -0.25) is 9.59 Å². The van der Waals surface area contributed by atoms with Gasteiger partial charge in [0, 0.05) is 13.1 Å². The molecule has 4 aliphatic carbocycles. The van der Waals surface area contributed by atoms with Crippen molar-refractivity contribution in [3.63, 3.8) is 0 Å². The van der Waals surface area contributed by atoms with Crippen LogP contribution in [0.5, 0.6) is 0 Å². The van der Waals surface area contributed by atoms with Gasteiger partial charge < -0.3 is 9.64 Å². The van der Waals surface area contributed by atoms with Crippen LogP contribution in [0, 0.1) is 29.6 Å². The molecule has 4 nitrogen and oxygen atoms in total. The van der Waals surface area contributed by atoms with Gasteiger partial charge in [-0.25, -0.2) is 0 Å². The number of ether oxygens (including phenoxy) is 1. The van der Waals surface area contributed by atoms with E-state index >= 15 is 0 Å². The molecule has 1 heterocycles. The molecule has 5 aliphatic rings. The van der Waals surface area contributed by atoms with Crippen LogP contribution in [-0.2, 0) is 27.3 Å². The van der Waals surface area contributed by atoms with Crippen LogP contribution >= 0.6 is 0 Å². The second kappa shape index (κ2) is 6.40. The summed E-state index contributed by atoms with van der Waals surface area (Å²) in [6, 6.07) is 8.27. The number of amides is 1. The predicted molar refractivity (Wildman–Crippen MR) is 97.1 cm³/mol. The normalized spacial score (nSPS) is 34.5. The van der Waals surface area contributed by atoms with E-state index in [2.05, 4.69) is 12.1 Å². The van der Waals surface area contributed by atoms with Crippen molar-refractivity contribution in [3.05, 3.63) is 35.4 Å². The number of carbonyl (C=O) groups is 2. The Bertz CT molecular complexity index is 700. The Morgan fingerprint density at radius 3 is 2.31 bits per heavy atom. The molecule has 1 amide bonds. The fraction of sp³-hybridized carbons (Fsp3) is 0.636. The van der Waals surface area contributed by atoms with Crippen LogP contribution in [0.2, 0.25) is 0 Å². The molecule has 4 bridgehead atoms. The minimum atomic E-state index is -0.107. The smallest absolute Gasteiger partial charge is 0.310 e. The molecular weight excluding hydrogens is 326 g/mol. The first-order valence-corrected chi connectivity index (χ1v) is 10.2.